The summed E-state index contributed by atoms with van der Waals surface area (Å²) in [5, 5.41) is 7.68. The molecular weight excluding hydrogens is 264 g/mol. The molecular formula is C13H21ClN4O. The van der Waals surface area contributed by atoms with E-state index in [1.54, 1.807) is 6.20 Å². The van der Waals surface area contributed by atoms with E-state index < -0.39 is 0 Å². The smallest absolute Gasteiger partial charge is 0.287 e. The Bertz CT molecular complexity index is 486. The SMILES string of the molecule is CCn1ncc(N2CCCCC2CNC)c(Cl)c1=O. The van der Waals surface area contributed by atoms with Gasteiger partial charge in [0, 0.05) is 25.7 Å². The Hall–Kier alpha value is -1.07. The average Bonchev–Trinajstić information content (AvgIpc) is 2.43. The van der Waals surface area contributed by atoms with Crippen LogP contribution in [0, 0.1) is 0 Å². The van der Waals surface area contributed by atoms with Crippen molar-refractivity contribution in [3.8, 4) is 0 Å². The van der Waals surface area contributed by atoms with E-state index in [-0.39, 0.29) is 5.56 Å². The lowest BCUT2D eigenvalue weighted by atomic mass is 10.0. The highest BCUT2D eigenvalue weighted by Crippen LogP contribution is 2.28. The molecule has 1 atom stereocenters. The van der Waals surface area contributed by atoms with E-state index in [2.05, 4.69) is 15.3 Å². The minimum absolute atomic E-state index is 0.199. The molecule has 1 fully saturated rings. The van der Waals surface area contributed by atoms with Gasteiger partial charge >= 0.3 is 0 Å². The lowest BCUT2D eigenvalue weighted by Crippen LogP contribution is -2.45. The number of hydrogen-bond acceptors (Lipinski definition) is 4. The fourth-order valence-electron chi connectivity index (χ4n) is 2.65. The van der Waals surface area contributed by atoms with Gasteiger partial charge in [-0.05, 0) is 33.2 Å². The quantitative estimate of drug-likeness (QED) is 0.910. The second-order valence-electron chi connectivity index (χ2n) is 4.87. The fourth-order valence-corrected chi connectivity index (χ4v) is 2.90. The third-order valence-corrected chi connectivity index (χ3v) is 4.00. The first kappa shape index (κ1) is 14.3. The van der Waals surface area contributed by atoms with Crippen LogP contribution < -0.4 is 15.8 Å². The van der Waals surface area contributed by atoms with Crippen molar-refractivity contribution in [1.82, 2.24) is 15.1 Å². The highest BCUT2D eigenvalue weighted by molar-refractivity contribution is 6.33. The predicted molar refractivity (Wildman–Crippen MR) is 78.1 cm³/mol. The molecule has 0 aromatic carbocycles. The van der Waals surface area contributed by atoms with Gasteiger partial charge in [-0.3, -0.25) is 4.79 Å². The van der Waals surface area contributed by atoms with Gasteiger partial charge in [-0.2, -0.15) is 5.10 Å². The molecule has 0 spiro atoms. The molecule has 2 heterocycles. The number of nitrogens with zero attached hydrogens (tertiary/aromatic N) is 3. The van der Waals surface area contributed by atoms with E-state index >= 15 is 0 Å². The van der Waals surface area contributed by atoms with Crippen LogP contribution in [0.15, 0.2) is 11.0 Å². The molecule has 1 unspecified atom stereocenters. The lowest BCUT2D eigenvalue weighted by molar-refractivity contribution is 0.445. The third-order valence-electron chi connectivity index (χ3n) is 3.64. The van der Waals surface area contributed by atoms with Gasteiger partial charge < -0.3 is 10.2 Å². The molecule has 1 N–H and O–H groups in total. The van der Waals surface area contributed by atoms with E-state index in [1.165, 1.54) is 11.1 Å². The van der Waals surface area contributed by atoms with Crippen LogP contribution in [-0.4, -0.2) is 36.0 Å². The highest BCUT2D eigenvalue weighted by Gasteiger charge is 2.25. The molecule has 0 radical (unpaired) electrons. The molecule has 1 aliphatic heterocycles. The van der Waals surface area contributed by atoms with Crippen molar-refractivity contribution < 1.29 is 0 Å². The Morgan fingerprint density at radius 2 is 2.32 bits per heavy atom. The molecule has 0 saturated carbocycles. The third kappa shape index (κ3) is 2.92. The molecule has 1 aromatic rings. The zero-order chi connectivity index (χ0) is 13.8. The average molecular weight is 285 g/mol. The monoisotopic (exact) mass is 284 g/mol. The number of anilines is 1. The Morgan fingerprint density at radius 3 is 3.00 bits per heavy atom. The summed E-state index contributed by atoms with van der Waals surface area (Å²) in [4.78, 5) is 14.3. The van der Waals surface area contributed by atoms with E-state index in [9.17, 15) is 4.79 Å². The largest absolute Gasteiger partial charge is 0.365 e. The second-order valence-corrected chi connectivity index (χ2v) is 5.24. The highest BCUT2D eigenvalue weighted by atomic mass is 35.5. The molecule has 0 aliphatic carbocycles. The van der Waals surface area contributed by atoms with Gasteiger partial charge in [0.25, 0.3) is 5.56 Å². The Kier molecular flexibility index (Phi) is 4.82. The summed E-state index contributed by atoms with van der Waals surface area (Å²) in [7, 11) is 1.95. The zero-order valence-corrected chi connectivity index (χ0v) is 12.3. The van der Waals surface area contributed by atoms with Crippen molar-refractivity contribution in [3.05, 3.63) is 21.6 Å². The molecule has 5 nitrogen and oxygen atoms in total. The van der Waals surface area contributed by atoms with Gasteiger partial charge in [0.1, 0.15) is 5.02 Å². The Balaban J connectivity index is 2.34. The molecule has 0 amide bonds. The van der Waals surface area contributed by atoms with Crippen LogP contribution in [0.5, 0.6) is 0 Å². The van der Waals surface area contributed by atoms with E-state index in [4.69, 9.17) is 11.6 Å². The maximum Gasteiger partial charge on any atom is 0.287 e. The van der Waals surface area contributed by atoms with Gasteiger partial charge in [-0.15, -0.1) is 0 Å². The number of hydrogen-bond donors (Lipinski definition) is 1. The molecule has 2 rings (SSSR count). The second kappa shape index (κ2) is 6.39. The summed E-state index contributed by atoms with van der Waals surface area (Å²) in [6.45, 7) is 4.25. The maximum absolute atomic E-state index is 12.1. The summed E-state index contributed by atoms with van der Waals surface area (Å²) >= 11 is 6.24. The molecule has 1 aliphatic rings. The van der Waals surface area contributed by atoms with Gasteiger partial charge in [0.2, 0.25) is 0 Å². The summed E-state index contributed by atoms with van der Waals surface area (Å²) in [6, 6.07) is 0.384. The van der Waals surface area contributed by atoms with E-state index in [0.717, 1.165) is 31.6 Å². The van der Waals surface area contributed by atoms with Crippen LogP contribution in [0.1, 0.15) is 26.2 Å². The maximum atomic E-state index is 12.1. The number of nitrogens with one attached hydrogen (secondary N) is 1. The predicted octanol–water partition coefficient (Wildman–Crippen LogP) is 1.49. The number of piperidine rings is 1. The van der Waals surface area contributed by atoms with Crippen molar-refractivity contribution in [3.63, 3.8) is 0 Å². The van der Waals surface area contributed by atoms with Crippen LogP contribution in [0.4, 0.5) is 5.69 Å². The first-order valence-electron chi connectivity index (χ1n) is 6.86. The molecule has 1 aromatic heterocycles. The van der Waals surface area contributed by atoms with Crippen LogP contribution in [0.25, 0.3) is 0 Å². The van der Waals surface area contributed by atoms with Crippen molar-refractivity contribution >= 4 is 17.3 Å². The fraction of sp³-hybridized carbons (Fsp3) is 0.692. The standard InChI is InChI=1S/C13H21ClN4O/c1-3-18-13(19)12(14)11(9-16-18)17-7-5-4-6-10(17)8-15-2/h9-10,15H,3-8H2,1-2H3. The number of rotatable bonds is 4. The van der Waals surface area contributed by atoms with Crippen molar-refractivity contribution in [2.45, 2.75) is 38.8 Å². The minimum atomic E-state index is -0.199. The summed E-state index contributed by atoms with van der Waals surface area (Å²) < 4.78 is 1.39. The minimum Gasteiger partial charge on any atom is -0.365 e. The number of aromatic nitrogens is 2. The van der Waals surface area contributed by atoms with Gasteiger partial charge in [-0.1, -0.05) is 11.6 Å². The number of halogens is 1. The van der Waals surface area contributed by atoms with Gasteiger partial charge in [0.15, 0.2) is 0 Å². The number of likely N-dealkylation sites (N-methyl/N-ethyl adjacent to an activating group) is 1. The Labute approximate surface area is 118 Å². The van der Waals surface area contributed by atoms with Crippen molar-refractivity contribution in [2.24, 2.45) is 0 Å². The van der Waals surface area contributed by atoms with Crippen molar-refractivity contribution in [2.75, 3.05) is 25.0 Å². The normalized spacial score (nSPS) is 19.7. The van der Waals surface area contributed by atoms with Crippen LogP contribution in [0.2, 0.25) is 5.02 Å². The lowest BCUT2D eigenvalue weighted by Gasteiger charge is -2.37. The van der Waals surface area contributed by atoms with Crippen molar-refractivity contribution in [1.29, 1.82) is 0 Å². The topological polar surface area (TPSA) is 50.2 Å². The summed E-state index contributed by atoms with van der Waals surface area (Å²) in [6.07, 6.45) is 5.20. The van der Waals surface area contributed by atoms with E-state index in [1.807, 2.05) is 14.0 Å². The molecule has 0 bridgehead atoms. The first-order chi connectivity index (χ1) is 9.19. The van der Waals surface area contributed by atoms with Crippen LogP contribution >= 0.6 is 11.6 Å². The zero-order valence-electron chi connectivity index (χ0n) is 11.5. The van der Waals surface area contributed by atoms with Crippen LogP contribution in [0.3, 0.4) is 0 Å². The van der Waals surface area contributed by atoms with Gasteiger partial charge in [-0.25, -0.2) is 4.68 Å². The van der Waals surface area contributed by atoms with E-state index in [0.29, 0.717) is 17.6 Å². The Morgan fingerprint density at radius 1 is 1.53 bits per heavy atom. The van der Waals surface area contributed by atoms with Crippen LogP contribution in [-0.2, 0) is 6.54 Å². The molecule has 19 heavy (non-hydrogen) atoms. The molecule has 1 saturated heterocycles. The first-order valence-corrected chi connectivity index (χ1v) is 7.23. The number of aryl methyl sites for hydroxylation is 1. The summed E-state index contributed by atoms with van der Waals surface area (Å²) in [5.41, 5.74) is 0.576. The summed E-state index contributed by atoms with van der Waals surface area (Å²) in [5.74, 6) is 0. The molecule has 6 heteroatoms. The van der Waals surface area contributed by atoms with Gasteiger partial charge in [0.05, 0.1) is 11.9 Å². The molecule has 106 valence electrons.